The van der Waals surface area contributed by atoms with Gasteiger partial charge in [-0.3, -0.25) is 0 Å². The zero-order chi connectivity index (χ0) is 14.4. The van der Waals surface area contributed by atoms with Crippen LogP contribution in [-0.4, -0.2) is 4.98 Å². The SMILES string of the molecule is CC[C@@H](N)c1ccc(OCc2cccnc2C#N)cc1. The summed E-state index contributed by atoms with van der Waals surface area (Å²) in [6.45, 7) is 2.39. The average Bonchev–Trinajstić information content (AvgIpc) is 2.53. The number of hydrogen-bond acceptors (Lipinski definition) is 4. The van der Waals surface area contributed by atoms with Crippen LogP contribution in [0, 0.1) is 11.3 Å². The highest BCUT2D eigenvalue weighted by atomic mass is 16.5. The molecule has 4 nitrogen and oxygen atoms in total. The average molecular weight is 267 g/mol. The van der Waals surface area contributed by atoms with Crippen molar-refractivity contribution in [1.82, 2.24) is 4.98 Å². The molecule has 4 heteroatoms. The van der Waals surface area contributed by atoms with Crippen molar-refractivity contribution in [3.05, 3.63) is 59.4 Å². The highest BCUT2D eigenvalue weighted by molar-refractivity contribution is 5.32. The fourth-order valence-corrected chi connectivity index (χ4v) is 1.86. The highest BCUT2D eigenvalue weighted by Gasteiger charge is 2.05. The summed E-state index contributed by atoms with van der Waals surface area (Å²) in [6.07, 6.45) is 2.50. The third-order valence-corrected chi connectivity index (χ3v) is 3.14. The Bertz CT molecular complexity index is 602. The number of nitrogens with zero attached hydrogens (tertiary/aromatic N) is 2. The molecule has 2 aromatic rings. The predicted molar refractivity (Wildman–Crippen MR) is 76.9 cm³/mol. The van der Waals surface area contributed by atoms with Crippen LogP contribution in [-0.2, 0) is 6.61 Å². The van der Waals surface area contributed by atoms with E-state index < -0.39 is 0 Å². The first-order valence-electron chi connectivity index (χ1n) is 6.57. The smallest absolute Gasteiger partial charge is 0.147 e. The van der Waals surface area contributed by atoms with E-state index >= 15 is 0 Å². The van der Waals surface area contributed by atoms with Crippen LogP contribution in [0.2, 0.25) is 0 Å². The Morgan fingerprint density at radius 3 is 2.70 bits per heavy atom. The zero-order valence-electron chi connectivity index (χ0n) is 11.4. The minimum atomic E-state index is 0.0626. The van der Waals surface area contributed by atoms with Gasteiger partial charge >= 0.3 is 0 Å². The van der Waals surface area contributed by atoms with Gasteiger partial charge in [0.25, 0.3) is 0 Å². The Balaban J connectivity index is 2.03. The first kappa shape index (κ1) is 14.0. The van der Waals surface area contributed by atoms with Crippen molar-refractivity contribution >= 4 is 0 Å². The fraction of sp³-hybridized carbons (Fsp3) is 0.250. The Kier molecular flexibility index (Phi) is 4.70. The van der Waals surface area contributed by atoms with Crippen LogP contribution in [0.15, 0.2) is 42.6 Å². The molecule has 1 aromatic carbocycles. The fourth-order valence-electron chi connectivity index (χ4n) is 1.86. The second-order valence-corrected chi connectivity index (χ2v) is 4.50. The lowest BCUT2D eigenvalue weighted by Gasteiger charge is -2.11. The van der Waals surface area contributed by atoms with Crippen LogP contribution in [0.3, 0.4) is 0 Å². The first-order chi connectivity index (χ1) is 9.74. The van der Waals surface area contributed by atoms with E-state index in [4.69, 9.17) is 15.7 Å². The van der Waals surface area contributed by atoms with Crippen LogP contribution < -0.4 is 10.5 Å². The summed E-state index contributed by atoms with van der Waals surface area (Å²) in [5.74, 6) is 0.754. The molecule has 1 atom stereocenters. The van der Waals surface area contributed by atoms with Gasteiger partial charge in [-0.1, -0.05) is 25.1 Å². The van der Waals surface area contributed by atoms with E-state index in [2.05, 4.69) is 18.0 Å². The summed E-state index contributed by atoms with van der Waals surface area (Å²) < 4.78 is 5.67. The van der Waals surface area contributed by atoms with Crippen LogP contribution >= 0.6 is 0 Å². The van der Waals surface area contributed by atoms with E-state index in [1.165, 1.54) is 0 Å². The van der Waals surface area contributed by atoms with Gasteiger partial charge < -0.3 is 10.5 Å². The second-order valence-electron chi connectivity index (χ2n) is 4.50. The minimum Gasteiger partial charge on any atom is -0.489 e. The van der Waals surface area contributed by atoms with Crippen LogP contribution in [0.1, 0.15) is 36.2 Å². The number of benzene rings is 1. The molecule has 1 aromatic heterocycles. The van der Waals surface area contributed by atoms with Gasteiger partial charge in [0.2, 0.25) is 0 Å². The molecule has 20 heavy (non-hydrogen) atoms. The Morgan fingerprint density at radius 1 is 1.30 bits per heavy atom. The topological polar surface area (TPSA) is 71.9 Å². The monoisotopic (exact) mass is 267 g/mol. The first-order valence-corrected chi connectivity index (χ1v) is 6.57. The number of ether oxygens (including phenoxy) is 1. The number of nitriles is 1. The summed E-state index contributed by atoms with van der Waals surface area (Å²) in [5.41, 5.74) is 8.24. The lowest BCUT2D eigenvalue weighted by molar-refractivity contribution is 0.305. The maximum Gasteiger partial charge on any atom is 0.147 e. The van der Waals surface area contributed by atoms with Crippen LogP contribution in [0.4, 0.5) is 0 Å². The lowest BCUT2D eigenvalue weighted by Crippen LogP contribution is -2.08. The molecular formula is C16H17N3O. The van der Waals surface area contributed by atoms with E-state index in [-0.39, 0.29) is 6.04 Å². The predicted octanol–water partition coefficient (Wildman–Crippen LogP) is 2.94. The second kappa shape index (κ2) is 6.69. The minimum absolute atomic E-state index is 0.0626. The molecule has 0 radical (unpaired) electrons. The summed E-state index contributed by atoms with van der Waals surface area (Å²) in [7, 11) is 0. The van der Waals surface area contributed by atoms with E-state index in [0.717, 1.165) is 23.3 Å². The Labute approximate surface area is 118 Å². The summed E-state index contributed by atoms with van der Waals surface area (Å²) in [6, 6.07) is 13.5. The van der Waals surface area contributed by atoms with Gasteiger partial charge in [-0.25, -0.2) is 4.98 Å². The van der Waals surface area contributed by atoms with E-state index in [1.54, 1.807) is 12.3 Å². The Hall–Kier alpha value is -2.38. The molecule has 0 aliphatic carbocycles. The van der Waals surface area contributed by atoms with Crippen molar-refractivity contribution in [1.29, 1.82) is 5.26 Å². The molecule has 102 valence electrons. The maximum atomic E-state index is 8.96. The van der Waals surface area contributed by atoms with Gasteiger partial charge in [0, 0.05) is 17.8 Å². The van der Waals surface area contributed by atoms with Gasteiger partial charge in [-0.15, -0.1) is 0 Å². The molecule has 0 aliphatic rings. The summed E-state index contributed by atoms with van der Waals surface area (Å²) in [5, 5.41) is 8.96. The molecular weight excluding hydrogens is 250 g/mol. The molecule has 2 rings (SSSR count). The molecule has 0 amide bonds. The van der Waals surface area contributed by atoms with Gasteiger partial charge in [0.15, 0.2) is 0 Å². The third kappa shape index (κ3) is 3.34. The maximum absolute atomic E-state index is 8.96. The largest absolute Gasteiger partial charge is 0.489 e. The number of rotatable bonds is 5. The van der Waals surface area contributed by atoms with Crippen molar-refractivity contribution in [2.45, 2.75) is 26.0 Å². The van der Waals surface area contributed by atoms with Crippen molar-refractivity contribution in [2.75, 3.05) is 0 Å². The molecule has 0 saturated carbocycles. The molecule has 0 fully saturated rings. The molecule has 2 N–H and O–H groups in total. The summed E-state index contributed by atoms with van der Waals surface area (Å²) in [4.78, 5) is 4.00. The van der Waals surface area contributed by atoms with E-state index in [9.17, 15) is 0 Å². The van der Waals surface area contributed by atoms with E-state index in [1.807, 2.05) is 30.3 Å². The molecule has 0 spiro atoms. The van der Waals surface area contributed by atoms with Gasteiger partial charge in [0.05, 0.1) is 0 Å². The van der Waals surface area contributed by atoms with Crippen LogP contribution in [0.5, 0.6) is 5.75 Å². The molecule has 0 bridgehead atoms. The number of pyridine rings is 1. The van der Waals surface area contributed by atoms with Gasteiger partial charge in [0.1, 0.15) is 24.1 Å². The number of hydrogen-bond donors (Lipinski definition) is 1. The van der Waals surface area contributed by atoms with Gasteiger partial charge in [-0.2, -0.15) is 5.26 Å². The number of nitrogens with two attached hydrogens (primary N) is 1. The zero-order valence-corrected chi connectivity index (χ0v) is 11.4. The van der Waals surface area contributed by atoms with E-state index in [0.29, 0.717) is 12.3 Å². The van der Waals surface area contributed by atoms with Crippen molar-refractivity contribution in [2.24, 2.45) is 5.73 Å². The quantitative estimate of drug-likeness (QED) is 0.904. The molecule has 0 aliphatic heterocycles. The third-order valence-electron chi connectivity index (χ3n) is 3.14. The highest BCUT2D eigenvalue weighted by Crippen LogP contribution is 2.19. The van der Waals surface area contributed by atoms with Crippen molar-refractivity contribution in [3.8, 4) is 11.8 Å². The van der Waals surface area contributed by atoms with Crippen LogP contribution in [0.25, 0.3) is 0 Å². The van der Waals surface area contributed by atoms with Crippen molar-refractivity contribution < 1.29 is 4.74 Å². The molecule has 1 heterocycles. The molecule has 0 saturated heterocycles. The van der Waals surface area contributed by atoms with Crippen molar-refractivity contribution in [3.63, 3.8) is 0 Å². The molecule has 0 unspecified atom stereocenters. The van der Waals surface area contributed by atoms with Gasteiger partial charge in [-0.05, 0) is 30.2 Å². The number of aromatic nitrogens is 1. The lowest BCUT2D eigenvalue weighted by atomic mass is 10.1. The standard InChI is InChI=1S/C16H17N3O/c1-2-15(18)12-5-7-14(8-6-12)20-11-13-4-3-9-19-16(13)10-17/h3-9,15H,2,11,18H2,1H3/t15-/m1/s1. The Morgan fingerprint density at radius 2 is 2.05 bits per heavy atom. The normalized spacial score (nSPS) is 11.7. The summed E-state index contributed by atoms with van der Waals surface area (Å²) >= 11 is 0.